The van der Waals surface area contributed by atoms with Crippen molar-refractivity contribution in [3.8, 4) is 17.2 Å². The first-order valence-electron chi connectivity index (χ1n) is 11.2. The Morgan fingerprint density at radius 1 is 0.943 bits per heavy atom. The van der Waals surface area contributed by atoms with Crippen molar-refractivity contribution in [3.05, 3.63) is 94.3 Å². The van der Waals surface area contributed by atoms with Gasteiger partial charge in [0.25, 0.3) is 5.56 Å². The van der Waals surface area contributed by atoms with Gasteiger partial charge < -0.3 is 19.2 Å². The highest BCUT2D eigenvalue weighted by molar-refractivity contribution is 7.89. The van der Waals surface area contributed by atoms with Gasteiger partial charge >= 0.3 is 0 Å². The number of H-pyrrole nitrogens is 1. The summed E-state index contributed by atoms with van der Waals surface area (Å²) in [7, 11) is -3.91. The molecule has 0 spiro atoms. The van der Waals surface area contributed by atoms with Crippen LogP contribution in [0, 0.1) is 0 Å². The van der Waals surface area contributed by atoms with E-state index >= 15 is 0 Å². The smallest absolute Gasteiger partial charge is 0.252 e. The lowest BCUT2D eigenvalue weighted by Gasteiger charge is -2.22. The Morgan fingerprint density at radius 2 is 1.74 bits per heavy atom. The summed E-state index contributed by atoms with van der Waals surface area (Å²) in [4.78, 5) is 15.9. The Hall–Kier alpha value is -3.82. The van der Waals surface area contributed by atoms with Crippen LogP contribution in [-0.4, -0.2) is 31.1 Å². The molecule has 0 saturated heterocycles. The molecule has 0 bridgehead atoms. The van der Waals surface area contributed by atoms with Crippen LogP contribution in [0.1, 0.15) is 18.1 Å². The molecule has 0 fully saturated rings. The molecule has 1 aliphatic rings. The molecule has 0 atom stereocenters. The maximum Gasteiger partial charge on any atom is 0.252 e. The molecule has 3 aromatic carbocycles. The number of rotatable bonds is 8. The summed E-state index contributed by atoms with van der Waals surface area (Å²) in [5, 5.41) is 0.755. The lowest BCUT2D eigenvalue weighted by Crippen LogP contribution is -2.32. The number of aromatic amines is 1. The van der Waals surface area contributed by atoms with Crippen LogP contribution in [0.2, 0.25) is 0 Å². The molecule has 8 nitrogen and oxygen atoms in total. The van der Waals surface area contributed by atoms with Gasteiger partial charge in [0.2, 0.25) is 16.8 Å². The number of sulfonamides is 1. The molecule has 1 N–H and O–H groups in total. The van der Waals surface area contributed by atoms with E-state index in [4.69, 9.17) is 14.2 Å². The molecule has 0 amide bonds. The van der Waals surface area contributed by atoms with Gasteiger partial charge in [0.15, 0.2) is 11.5 Å². The Labute approximate surface area is 202 Å². The van der Waals surface area contributed by atoms with Crippen molar-refractivity contribution in [2.24, 2.45) is 0 Å². The van der Waals surface area contributed by atoms with E-state index < -0.39 is 10.0 Å². The molecular weight excluding hydrogens is 468 g/mol. The quantitative estimate of drug-likeness (QED) is 0.399. The van der Waals surface area contributed by atoms with E-state index in [1.165, 1.54) is 4.31 Å². The second-order valence-corrected chi connectivity index (χ2v) is 10.0. The van der Waals surface area contributed by atoms with Gasteiger partial charge in [-0.1, -0.05) is 24.3 Å². The van der Waals surface area contributed by atoms with Crippen molar-refractivity contribution in [1.29, 1.82) is 0 Å². The predicted octanol–water partition coefficient (Wildman–Crippen LogP) is 4.05. The zero-order valence-electron chi connectivity index (χ0n) is 19.1. The van der Waals surface area contributed by atoms with Crippen LogP contribution in [0.15, 0.2) is 82.5 Å². The second-order valence-electron chi connectivity index (χ2n) is 8.08. The van der Waals surface area contributed by atoms with Crippen molar-refractivity contribution in [2.45, 2.75) is 24.9 Å². The van der Waals surface area contributed by atoms with Gasteiger partial charge in [-0.15, -0.1) is 0 Å². The van der Waals surface area contributed by atoms with E-state index in [2.05, 4.69) is 4.98 Å². The monoisotopic (exact) mass is 492 g/mol. The number of hydrogen-bond donors (Lipinski definition) is 1. The highest BCUT2D eigenvalue weighted by atomic mass is 32.2. The Morgan fingerprint density at radius 3 is 2.54 bits per heavy atom. The fraction of sp³-hybridized carbons (Fsp3) is 0.192. The summed E-state index contributed by atoms with van der Waals surface area (Å²) >= 11 is 0. The molecule has 0 unspecified atom stereocenters. The fourth-order valence-corrected chi connectivity index (χ4v) is 5.43. The summed E-state index contributed by atoms with van der Waals surface area (Å²) < 4.78 is 44.9. The van der Waals surface area contributed by atoms with Crippen LogP contribution < -0.4 is 19.8 Å². The SMILES string of the molecule is CCOc1ccc2[nH]c(=O)c(CN(Cc3ccc4c(c3)OCO4)S(=O)(=O)c3ccccc3)cc2c1. The van der Waals surface area contributed by atoms with Crippen LogP contribution in [-0.2, 0) is 23.1 Å². The molecule has 0 radical (unpaired) electrons. The van der Waals surface area contributed by atoms with E-state index in [1.807, 2.05) is 13.0 Å². The minimum Gasteiger partial charge on any atom is -0.494 e. The molecule has 35 heavy (non-hydrogen) atoms. The zero-order valence-corrected chi connectivity index (χ0v) is 19.9. The lowest BCUT2D eigenvalue weighted by molar-refractivity contribution is 0.174. The standard InChI is InChI=1S/C26H24N2O6S/c1-2-32-21-9-10-23-19(14-21)13-20(26(29)27-23)16-28(35(30,31)22-6-4-3-5-7-22)15-18-8-11-24-25(12-18)34-17-33-24/h3-14H,2,15-17H2,1H3,(H,27,29). The Bertz CT molecular complexity index is 1530. The van der Waals surface area contributed by atoms with Gasteiger partial charge in [0, 0.05) is 29.6 Å². The fourth-order valence-electron chi connectivity index (χ4n) is 4.00. The molecule has 0 aliphatic carbocycles. The minimum atomic E-state index is -3.91. The summed E-state index contributed by atoms with van der Waals surface area (Å²) in [6.45, 7) is 2.46. The van der Waals surface area contributed by atoms with E-state index in [-0.39, 0.29) is 30.3 Å². The second kappa shape index (κ2) is 9.44. The number of ether oxygens (including phenoxy) is 3. The molecule has 180 valence electrons. The summed E-state index contributed by atoms with van der Waals surface area (Å²) in [6, 6.07) is 20.6. The number of benzene rings is 3. The third kappa shape index (κ3) is 4.73. The van der Waals surface area contributed by atoms with Crippen LogP contribution in [0.5, 0.6) is 17.2 Å². The summed E-state index contributed by atoms with van der Waals surface area (Å²) in [5.74, 6) is 1.85. The van der Waals surface area contributed by atoms with Crippen molar-refractivity contribution in [2.75, 3.05) is 13.4 Å². The van der Waals surface area contributed by atoms with E-state index in [9.17, 15) is 13.2 Å². The molecule has 1 aliphatic heterocycles. The molecule has 1 aromatic heterocycles. The van der Waals surface area contributed by atoms with Crippen LogP contribution in [0.25, 0.3) is 10.9 Å². The van der Waals surface area contributed by atoms with E-state index in [0.717, 1.165) is 5.39 Å². The maximum absolute atomic E-state index is 13.6. The third-order valence-electron chi connectivity index (χ3n) is 5.73. The molecule has 5 rings (SSSR count). The van der Waals surface area contributed by atoms with E-state index in [0.29, 0.717) is 40.5 Å². The Kier molecular flexibility index (Phi) is 6.19. The maximum atomic E-state index is 13.6. The van der Waals surface area contributed by atoms with Crippen molar-refractivity contribution < 1.29 is 22.6 Å². The molecule has 0 saturated carbocycles. The average Bonchev–Trinajstić information content (AvgIpc) is 3.33. The van der Waals surface area contributed by atoms with Crippen LogP contribution in [0.3, 0.4) is 0 Å². The van der Waals surface area contributed by atoms with Crippen molar-refractivity contribution in [3.63, 3.8) is 0 Å². The molecule has 9 heteroatoms. The summed E-state index contributed by atoms with van der Waals surface area (Å²) in [5.41, 5.74) is 1.34. The van der Waals surface area contributed by atoms with Crippen molar-refractivity contribution in [1.82, 2.24) is 9.29 Å². The van der Waals surface area contributed by atoms with Gasteiger partial charge in [-0.05, 0) is 61.0 Å². The van der Waals surface area contributed by atoms with Gasteiger partial charge in [0.05, 0.1) is 11.5 Å². The third-order valence-corrected chi connectivity index (χ3v) is 7.53. The normalized spacial score (nSPS) is 12.9. The first-order valence-corrected chi connectivity index (χ1v) is 12.6. The highest BCUT2D eigenvalue weighted by Gasteiger charge is 2.27. The number of nitrogens with zero attached hydrogens (tertiary/aromatic N) is 1. The molecule has 4 aromatic rings. The lowest BCUT2D eigenvalue weighted by atomic mass is 10.1. The number of pyridine rings is 1. The predicted molar refractivity (Wildman–Crippen MR) is 131 cm³/mol. The Balaban J connectivity index is 1.54. The first kappa shape index (κ1) is 22.9. The van der Waals surface area contributed by atoms with Gasteiger partial charge in [-0.25, -0.2) is 8.42 Å². The van der Waals surface area contributed by atoms with Crippen molar-refractivity contribution >= 4 is 20.9 Å². The summed E-state index contributed by atoms with van der Waals surface area (Å²) in [6.07, 6.45) is 0. The number of nitrogens with one attached hydrogen (secondary N) is 1. The molecule has 2 heterocycles. The zero-order chi connectivity index (χ0) is 24.4. The highest BCUT2D eigenvalue weighted by Crippen LogP contribution is 2.33. The number of fused-ring (bicyclic) bond motifs is 2. The van der Waals surface area contributed by atoms with Gasteiger partial charge in [0.1, 0.15) is 5.75 Å². The molecular formula is C26H24N2O6S. The topological polar surface area (TPSA) is 97.9 Å². The average molecular weight is 493 g/mol. The minimum absolute atomic E-state index is 0.0460. The largest absolute Gasteiger partial charge is 0.494 e. The van der Waals surface area contributed by atoms with E-state index in [1.54, 1.807) is 66.7 Å². The van der Waals surface area contributed by atoms with Gasteiger partial charge in [-0.3, -0.25) is 4.79 Å². The van der Waals surface area contributed by atoms with Crippen LogP contribution >= 0.6 is 0 Å². The number of aromatic nitrogens is 1. The van der Waals surface area contributed by atoms with Crippen LogP contribution in [0.4, 0.5) is 0 Å². The number of hydrogen-bond acceptors (Lipinski definition) is 6. The first-order chi connectivity index (χ1) is 16.9. The van der Waals surface area contributed by atoms with Gasteiger partial charge in [-0.2, -0.15) is 4.31 Å².